The van der Waals surface area contributed by atoms with E-state index < -0.39 is 12.0 Å². The summed E-state index contributed by atoms with van der Waals surface area (Å²) in [7, 11) is 1.35. The molecule has 5 rings (SSSR count). The Hall–Kier alpha value is -5.69. The van der Waals surface area contributed by atoms with Crippen molar-refractivity contribution in [2.24, 2.45) is 0 Å². The molecule has 46 heavy (non-hydrogen) atoms. The molecule has 0 spiro atoms. The van der Waals surface area contributed by atoms with Gasteiger partial charge in [-0.05, 0) is 59.2 Å². The van der Waals surface area contributed by atoms with Gasteiger partial charge in [-0.15, -0.1) is 0 Å². The Morgan fingerprint density at radius 1 is 0.783 bits per heavy atom. The first kappa shape index (κ1) is 31.7. The number of esters is 1. The van der Waals surface area contributed by atoms with E-state index in [1.165, 1.54) is 7.11 Å². The average molecular weight is 613 g/mol. The van der Waals surface area contributed by atoms with Crippen molar-refractivity contribution < 1.29 is 23.9 Å². The molecule has 7 nitrogen and oxygen atoms in total. The molecule has 0 aliphatic carbocycles. The molecule has 0 aromatic heterocycles. The van der Waals surface area contributed by atoms with E-state index >= 15 is 0 Å². The third-order valence-corrected chi connectivity index (χ3v) is 7.62. The Kier molecular flexibility index (Phi) is 10.2. The number of carbonyl (C=O) groups excluding carboxylic acids is 3. The number of fused-ring (bicyclic) bond motifs is 1. The van der Waals surface area contributed by atoms with Gasteiger partial charge in [0.2, 0.25) is 0 Å². The Morgan fingerprint density at radius 3 is 2.22 bits per heavy atom. The van der Waals surface area contributed by atoms with Crippen molar-refractivity contribution in [3.63, 3.8) is 0 Å². The van der Waals surface area contributed by atoms with Gasteiger partial charge in [-0.2, -0.15) is 0 Å². The maximum atomic E-state index is 13.2. The van der Waals surface area contributed by atoms with Gasteiger partial charge in [0.05, 0.1) is 12.7 Å². The molecule has 0 heterocycles. The lowest BCUT2D eigenvalue weighted by Crippen LogP contribution is -2.33. The normalized spacial score (nSPS) is 11.3. The van der Waals surface area contributed by atoms with Gasteiger partial charge in [0, 0.05) is 35.5 Å². The predicted molar refractivity (Wildman–Crippen MR) is 183 cm³/mol. The number of methoxy groups -OCH3 is 1. The zero-order valence-electron chi connectivity index (χ0n) is 25.9. The monoisotopic (exact) mass is 612 g/mol. The molecule has 2 N–H and O–H groups in total. The Morgan fingerprint density at radius 2 is 1.48 bits per heavy atom. The van der Waals surface area contributed by atoms with Crippen molar-refractivity contribution in [2.45, 2.75) is 19.4 Å². The van der Waals surface area contributed by atoms with Gasteiger partial charge in [0.1, 0.15) is 18.4 Å². The highest BCUT2D eigenvalue weighted by Gasteiger charge is 2.23. The summed E-state index contributed by atoms with van der Waals surface area (Å²) in [6.45, 7) is 6.42. The molecule has 0 saturated carbocycles. The van der Waals surface area contributed by atoms with Crippen LogP contribution in [-0.4, -0.2) is 43.8 Å². The van der Waals surface area contributed by atoms with Gasteiger partial charge < -0.3 is 20.1 Å². The molecule has 1 atom stereocenters. The number of anilines is 2. The zero-order valence-corrected chi connectivity index (χ0v) is 25.9. The van der Waals surface area contributed by atoms with Gasteiger partial charge in [0.15, 0.2) is 11.6 Å². The molecule has 0 aliphatic rings. The smallest absolute Gasteiger partial charge is 0.328 e. The van der Waals surface area contributed by atoms with Crippen LogP contribution in [-0.2, 0) is 16.0 Å². The van der Waals surface area contributed by atoms with Crippen molar-refractivity contribution >= 4 is 39.7 Å². The topological polar surface area (TPSA) is 93.7 Å². The van der Waals surface area contributed by atoms with Crippen LogP contribution in [0.2, 0.25) is 0 Å². The summed E-state index contributed by atoms with van der Waals surface area (Å²) < 4.78 is 11.0. The molecule has 7 heteroatoms. The first-order valence-corrected chi connectivity index (χ1v) is 15.1. The fourth-order valence-corrected chi connectivity index (χ4v) is 5.26. The van der Waals surface area contributed by atoms with Crippen molar-refractivity contribution in [2.75, 3.05) is 30.9 Å². The third-order valence-electron chi connectivity index (χ3n) is 7.62. The number of benzene rings is 5. The largest absolute Gasteiger partial charge is 0.492 e. The van der Waals surface area contributed by atoms with E-state index in [0.29, 0.717) is 53.3 Å². The van der Waals surface area contributed by atoms with Crippen LogP contribution in [0.5, 0.6) is 5.75 Å². The Balaban J connectivity index is 1.22. The summed E-state index contributed by atoms with van der Waals surface area (Å²) in [4.78, 5) is 39.0. The fraction of sp³-hybridized carbons (Fsp3) is 0.154. The lowest BCUT2D eigenvalue weighted by atomic mass is 9.96. The molecule has 5 aromatic carbocycles. The van der Waals surface area contributed by atoms with Crippen LogP contribution in [0.3, 0.4) is 0 Å². The van der Waals surface area contributed by atoms with Crippen LogP contribution in [0.15, 0.2) is 127 Å². The summed E-state index contributed by atoms with van der Waals surface area (Å²) in [5.74, 6) is -0.000339. The van der Waals surface area contributed by atoms with Gasteiger partial charge in [-0.1, -0.05) is 91.5 Å². The highest BCUT2D eigenvalue weighted by molar-refractivity contribution is 6.19. The lowest BCUT2D eigenvalue weighted by molar-refractivity contribution is -0.141. The minimum Gasteiger partial charge on any atom is -0.492 e. The molecule has 0 radical (unpaired) electrons. The van der Waals surface area contributed by atoms with Gasteiger partial charge in [0.25, 0.3) is 0 Å². The number of allylic oxidation sites excluding steroid dienone is 1. The second-order valence-corrected chi connectivity index (χ2v) is 10.9. The summed E-state index contributed by atoms with van der Waals surface area (Å²) >= 11 is 0. The fourth-order valence-electron chi connectivity index (χ4n) is 5.26. The highest BCUT2D eigenvalue weighted by Crippen LogP contribution is 2.28. The number of nitrogens with one attached hydrogen (secondary N) is 2. The molecule has 0 saturated heterocycles. The van der Waals surface area contributed by atoms with Crippen LogP contribution in [0.1, 0.15) is 38.8 Å². The summed E-state index contributed by atoms with van der Waals surface area (Å²) in [6, 6.07) is 34.6. The maximum Gasteiger partial charge on any atom is 0.328 e. The van der Waals surface area contributed by atoms with Gasteiger partial charge >= 0.3 is 5.97 Å². The standard InChI is InChI=1S/C39H36N2O5/c1-26(2)37(42)36-31-14-8-7-11-28(31)19-22-34(36)40-23-24-46-30-20-17-27(18-21-30)25-35(39(44)45-3)41-33-16-10-9-15-32(33)38(43)29-12-5-4-6-13-29/h4-22,35,40-41H,1,23-25H2,2-3H3. The predicted octanol–water partition coefficient (Wildman–Crippen LogP) is 7.52. The summed E-state index contributed by atoms with van der Waals surface area (Å²) in [5.41, 5.74) is 4.30. The second kappa shape index (κ2) is 14.9. The van der Waals surface area contributed by atoms with E-state index in [2.05, 4.69) is 17.2 Å². The van der Waals surface area contributed by atoms with Crippen molar-refractivity contribution in [3.8, 4) is 5.75 Å². The first-order chi connectivity index (χ1) is 22.4. The van der Waals surface area contributed by atoms with Gasteiger partial charge in [-0.25, -0.2) is 4.79 Å². The number of ether oxygens (including phenoxy) is 2. The molecule has 0 fully saturated rings. The molecule has 1 unspecified atom stereocenters. The molecular weight excluding hydrogens is 576 g/mol. The number of ketones is 2. The summed E-state index contributed by atoms with van der Waals surface area (Å²) in [5, 5.41) is 8.45. The minimum atomic E-state index is -0.719. The molecule has 0 bridgehead atoms. The number of para-hydroxylation sites is 1. The maximum absolute atomic E-state index is 13.2. The molecule has 5 aromatic rings. The molecule has 232 valence electrons. The molecule has 0 aliphatic heterocycles. The van der Waals surface area contributed by atoms with E-state index in [9.17, 15) is 14.4 Å². The van der Waals surface area contributed by atoms with E-state index in [1.807, 2.05) is 84.9 Å². The van der Waals surface area contributed by atoms with E-state index in [0.717, 1.165) is 22.0 Å². The highest BCUT2D eigenvalue weighted by atomic mass is 16.5. The van der Waals surface area contributed by atoms with Crippen LogP contribution in [0, 0.1) is 0 Å². The van der Waals surface area contributed by atoms with Crippen LogP contribution in [0.4, 0.5) is 11.4 Å². The van der Waals surface area contributed by atoms with Crippen molar-refractivity contribution in [3.05, 3.63) is 150 Å². The number of rotatable bonds is 14. The third kappa shape index (κ3) is 7.50. The Bertz CT molecular complexity index is 1870. The van der Waals surface area contributed by atoms with Crippen LogP contribution in [0.25, 0.3) is 10.8 Å². The van der Waals surface area contributed by atoms with E-state index in [-0.39, 0.29) is 11.6 Å². The zero-order chi connectivity index (χ0) is 32.5. The Labute approximate surface area is 268 Å². The van der Waals surface area contributed by atoms with Crippen molar-refractivity contribution in [1.29, 1.82) is 0 Å². The SMILES string of the molecule is C=C(C)C(=O)c1c(NCCOc2ccc(CC(Nc3ccccc3C(=O)c3ccccc3)C(=O)OC)cc2)ccc2ccccc12. The van der Waals surface area contributed by atoms with Crippen LogP contribution >= 0.6 is 0 Å². The van der Waals surface area contributed by atoms with Crippen LogP contribution < -0.4 is 15.4 Å². The number of hydrogen-bond acceptors (Lipinski definition) is 7. The van der Waals surface area contributed by atoms with E-state index in [1.54, 1.807) is 37.3 Å². The second-order valence-electron chi connectivity index (χ2n) is 10.9. The first-order valence-electron chi connectivity index (χ1n) is 15.1. The quantitative estimate of drug-likeness (QED) is 0.0580. The average Bonchev–Trinajstić information content (AvgIpc) is 3.09. The minimum absolute atomic E-state index is 0.0955. The number of Topliss-reactive ketones (excluding diaryl/α,β-unsaturated/α-hetero) is 1. The van der Waals surface area contributed by atoms with E-state index in [4.69, 9.17) is 9.47 Å². The summed E-state index contributed by atoms with van der Waals surface area (Å²) in [6.07, 6.45) is 0.337. The number of hydrogen-bond donors (Lipinski definition) is 2. The lowest BCUT2D eigenvalue weighted by Gasteiger charge is -2.20. The molecule has 0 amide bonds. The van der Waals surface area contributed by atoms with Gasteiger partial charge in [-0.3, -0.25) is 9.59 Å². The van der Waals surface area contributed by atoms with Crippen molar-refractivity contribution in [1.82, 2.24) is 0 Å². The number of carbonyl (C=O) groups is 3. The molecular formula is C39H36N2O5.